The molecule has 4 aromatic rings. The lowest BCUT2D eigenvalue weighted by Gasteiger charge is -2.36. The molecule has 12 nitrogen and oxygen atoms in total. The van der Waals surface area contributed by atoms with E-state index in [1.54, 1.807) is 24.3 Å². The molecule has 2 saturated carbocycles. The van der Waals surface area contributed by atoms with Gasteiger partial charge in [0.05, 0.1) is 35.5 Å². The second-order valence-electron chi connectivity index (χ2n) is 21.1. The Labute approximate surface area is 447 Å². The average molecular weight is 1020 g/mol. The number of fused-ring (bicyclic) bond motifs is 1. The number of ether oxygens (including phenoxy) is 2. The summed E-state index contributed by atoms with van der Waals surface area (Å²) < 4.78 is 14.7. The average Bonchev–Trinajstić information content (AvgIpc) is 3.95. The van der Waals surface area contributed by atoms with Crippen LogP contribution in [0.5, 0.6) is 11.5 Å². The number of rotatable bonds is 22. The molecule has 12 heteroatoms. The summed E-state index contributed by atoms with van der Waals surface area (Å²) in [6, 6.07) is 32.4. The first-order valence-corrected chi connectivity index (χ1v) is 28.1. The number of allylic oxidation sites excluding steroid dienone is 7. The van der Waals surface area contributed by atoms with Gasteiger partial charge in [-0.15, -0.1) is 0 Å². The van der Waals surface area contributed by atoms with E-state index in [4.69, 9.17) is 9.47 Å². The molecule has 2 aliphatic heterocycles. The summed E-state index contributed by atoms with van der Waals surface area (Å²) in [5, 5.41) is 11.5. The number of Topliss-reactive ketones (excluding diaryl/α,β-unsaturated/α-hetero) is 1. The van der Waals surface area contributed by atoms with Crippen LogP contribution in [0.1, 0.15) is 155 Å². The first-order chi connectivity index (χ1) is 37.2. The van der Waals surface area contributed by atoms with Gasteiger partial charge in [0, 0.05) is 80.5 Å². The number of aliphatic hydroxyl groups is 1. The summed E-state index contributed by atoms with van der Waals surface area (Å²) in [7, 11) is 0. The second-order valence-corrected chi connectivity index (χ2v) is 21.1. The predicted octanol–water partition coefficient (Wildman–Crippen LogP) is 12.9. The Hall–Kier alpha value is -7.34. The van der Waals surface area contributed by atoms with E-state index >= 15 is 0 Å². The molecule has 2 heterocycles. The van der Waals surface area contributed by atoms with Crippen LogP contribution >= 0.6 is 0 Å². The van der Waals surface area contributed by atoms with Gasteiger partial charge >= 0.3 is 0 Å². The fourth-order valence-corrected chi connectivity index (χ4v) is 11.9. The molecule has 1 saturated heterocycles. The third-order valence-corrected chi connectivity index (χ3v) is 16.0. The van der Waals surface area contributed by atoms with Crippen molar-refractivity contribution in [3.05, 3.63) is 155 Å². The summed E-state index contributed by atoms with van der Waals surface area (Å²) in [4.78, 5) is 68.2. The third kappa shape index (κ3) is 11.7. The van der Waals surface area contributed by atoms with Gasteiger partial charge in [-0.05, 0) is 135 Å². The number of hydrogen-bond donors (Lipinski definition) is 1. The molecule has 1 N–H and O–H groups in total. The van der Waals surface area contributed by atoms with E-state index in [2.05, 4.69) is 58.0 Å². The van der Waals surface area contributed by atoms with Crippen LogP contribution in [-0.4, -0.2) is 93.0 Å². The van der Waals surface area contributed by atoms with Crippen molar-refractivity contribution in [2.45, 2.75) is 141 Å². The zero-order valence-corrected chi connectivity index (χ0v) is 43.8. The van der Waals surface area contributed by atoms with E-state index in [9.17, 15) is 29.1 Å². The van der Waals surface area contributed by atoms with E-state index in [0.29, 0.717) is 84.6 Å². The van der Waals surface area contributed by atoms with E-state index in [1.165, 1.54) is 48.3 Å². The highest BCUT2D eigenvalue weighted by Gasteiger charge is 2.38. The van der Waals surface area contributed by atoms with Gasteiger partial charge in [-0.1, -0.05) is 75.6 Å². The van der Waals surface area contributed by atoms with Gasteiger partial charge < -0.3 is 19.5 Å². The van der Waals surface area contributed by atoms with Gasteiger partial charge in [-0.2, -0.15) is 4.58 Å². The highest BCUT2D eigenvalue weighted by Crippen LogP contribution is 2.41. The number of ketones is 1. The van der Waals surface area contributed by atoms with Crippen LogP contribution in [-0.2, 0) is 14.4 Å². The van der Waals surface area contributed by atoms with Crippen LogP contribution < -0.4 is 14.4 Å². The molecule has 4 amide bonds. The monoisotopic (exact) mass is 1020 g/mol. The van der Waals surface area contributed by atoms with Crippen LogP contribution in [0.25, 0.3) is 5.57 Å². The highest BCUT2D eigenvalue weighted by atomic mass is 16.5. The Balaban J connectivity index is 0.740. The minimum atomic E-state index is -0.197. The number of likely N-dealkylation sites (tertiary alicyclic amines) is 1. The summed E-state index contributed by atoms with van der Waals surface area (Å²) >= 11 is 0. The van der Waals surface area contributed by atoms with Crippen molar-refractivity contribution in [2.75, 3.05) is 31.2 Å². The van der Waals surface area contributed by atoms with Gasteiger partial charge in [0.1, 0.15) is 17.3 Å². The lowest BCUT2D eigenvalue weighted by atomic mass is 9.80. The highest BCUT2D eigenvalue weighted by molar-refractivity contribution is 6.39. The van der Waals surface area contributed by atoms with Crippen LogP contribution in [0.3, 0.4) is 0 Å². The Kier molecular flexibility index (Phi) is 16.8. The van der Waals surface area contributed by atoms with Gasteiger partial charge in [-0.25, -0.2) is 0 Å². The van der Waals surface area contributed by atoms with Crippen LogP contribution in [0.2, 0.25) is 0 Å². The molecule has 0 aromatic heterocycles. The zero-order valence-electron chi connectivity index (χ0n) is 43.8. The zero-order chi connectivity index (χ0) is 52.4. The summed E-state index contributed by atoms with van der Waals surface area (Å²) in [5.41, 5.74) is 7.33. The van der Waals surface area contributed by atoms with Crippen LogP contribution in [0, 0.1) is 0 Å². The summed E-state index contributed by atoms with van der Waals surface area (Å²) in [6.07, 6.45) is 27.4. The first kappa shape index (κ1) is 52.1. The number of aliphatic hydroxyl groups excluding tert-OH is 1. The summed E-state index contributed by atoms with van der Waals surface area (Å²) in [5.74, 6) is 1.02. The van der Waals surface area contributed by atoms with Crippen molar-refractivity contribution in [3.8, 4) is 11.5 Å². The van der Waals surface area contributed by atoms with E-state index in [0.717, 1.165) is 111 Å². The van der Waals surface area contributed by atoms with E-state index in [-0.39, 0.29) is 35.2 Å². The topological polar surface area (TPSA) is 137 Å². The van der Waals surface area contributed by atoms with Crippen LogP contribution in [0.4, 0.5) is 17.1 Å². The molecular weight excluding hydrogens is 953 g/mol. The Morgan fingerprint density at radius 3 is 1.58 bits per heavy atom. The SMILES string of the molecule is O=C1C(=C2C=CC(=[N+](c3ccc(OCCCCCCN4C(=O)c5ccccc5C4=O)cc3)C3CCCCC3)C=C2)C(O)=C1c1ccc(N(c2ccc(OCCCCCCN3C(=O)CCC3=O)cc2)C2CCCCC2)cc1. The van der Waals surface area contributed by atoms with Gasteiger partial charge in [-0.3, -0.25) is 33.8 Å². The van der Waals surface area contributed by atoms with Crippen molar-refractivity contribution < 1.29 is 43.1 Å². The Morgan fingerprint density at radius 1 is 0.526 bits per heavy atom. The van der Waals surface area contributed by atoms with Crippen molar-refractivity contribution in [1.29, 1.82) is 0 Å². The molecule has 394 valence electrons. The maximum atomic E-state index is 13.9. The largest absolute Gasteiger partial charge is 0.506 e. The molecule has 0 unspecified atom stereocenters. The number of imide groups is 2. The number of carbonyl (C=O) groups excluding carboxylic acids is 5. The number of benzene rings is 4. The molecule has 4 aliphatic carbocycles. The molecule has 3 fully saturated rings. The molecule has 0 atom stereocenters. The van der Waals surface area contributed by atoms with Crippen molar-refractivity contribution >= 4 is 57.8 Å². The summed E-state index contributed by atoms with van der Waals surface area (Å²) in [6.45, 7) is 2.14. The smallest absolute Gasteiger partial charge is 0.261 e. The Morgan fingerprint density at radius 2 is 1.03 bits per heavy atom. The van der Waals surface area contributed by atoms with Gasteiger partial charge in [0.15, 0.2) is 6.04 Å². The molecule has 4 aromatic carbocycles. The number of anilines is 2. The van der Waals surface area contributed by atoms with E-state index < -0.39 is 0 Å². The number of carbonyl (C=O) groups is 5. The molecular formula is C64H71N4O8+. The number of amides is 4. The maximum Gasteiger partial charge on any atom is 0.261 e. The first-order valence-electron chi connectivity index (χ1n) is 28.1. The van der Waals surface area contributed by atoms with Crippen molar-refractivity contribution in [2.24, 2.45) is 0 Å². The number of unbranched alkanes of at least 4 members (excludes halogenated alkanes) is 6. The molecule has 6 aliphatic rings. The Bertz CT molecular complexity index is 2890. The number of nitrogens with zero attached hydrogens (tertiary/aromatic N) is 4. The lowest BCUT2D eigenvalue weighted by molar-refractivity contribution is -0.488. The molecule has 76 heavy (non-hydrogen) atoms. The lowest BCUT2D eigenvalue weighted by Crippen LogP contribution is -2.33. The quantitative estimate of drug-likeness (QED) is 0.0353. The molecule has 0 radical (unpaired) electrons. The number of hydrogen-bond acceptors (Lipinski definition) is 9. The van der Waals surface area contributed by atoms with Crippen LogP contribution in [0.15, 0.2) is 138 Å². The molecule has 0 spiro atoms. The second kappa shape index (κ2) is 24.6. The van der Waals surface area contributed by atoms with E-state index in [1.807, 2.05) is 48.6 Å². The molecule has 0 bridgehead atoms. The minimum absolute atomic E-state index is 0.0291. The standard InChI is InChI=1S/C64H70N4O8/c69-57-39-40-58(70)65(57)41-13-1-3-15-43-75-53-35-31-51(32-36-53)67(47-17-7-5-8-18-47)49-27-23-45(24-28-49)59-61(71)60(62(59)72)46-25-29-50(30-26-46)68(48-19-9-6-10-20-48)52-33-37-54(38-34-52)76-44-16-4-2-14-42-66-63(73)55-21-11-12-22-56(55)64(66)74/h11-12,21-38,47-48H,1-10,13-20,39-44H2/p+1. The maximum absolute atomic E-state index is 13.9. The normalized spacial score (nSPS) is 18.1. The predicted molar refractivity (Wildman–Crippen MR) is 296 cm³/mol. The fourth-order valence-electron chi connectivity index (χ4n) is 11.9. The fraction of sp³-hybridized carbons (Fsp3) is 0.406. The molecule has 10 rings (SSSR count). The minimum Gasteiger partial charge on any atom is -0.506 e. The van der Waals surface area contributed by atoms with Gasteiger partial charge in [0.2, 0.25) is 29.0 Å². The van der Waals surface area contributed by atoms with Crippen molar-refractivity contribution in [1.82, 2.24) is 9.80 Å². The third-order valence-electron chi connectivity index (χ3n) is 16.0. The van der Waals surface area contributed by atoms with Crippen molar-refractivity contribution in [3.63, 3.8) is 0 Å². The van der Waals surface area contributed by atoms with Gasteiger partial charge in [0.25, 0.3) is 11.8 Å².